The molecule has 35 heavy (non-hydrogen) atoms. The molecule has 5 aliphatic carbocycles. The van der Waals surface area contributed by atoms with Gasteiger partial charge in [0.25, 0.3) is 0 Å². The van der Waals surface area contributed by atoms with E-state index in [0.29, 0.717) is 24.9 Å². The summed E-state index contributed by atoms with van der Waals surface area (Å²) in [5.74, 6) is -0.979. The van der Waals surface area contributed by atoms with Crippen molar-refractivity contribution in [3.63, 3.8) is 0 Å². The van der Waals surface area contributed by atoms with Crippen LogP contribution in [0, 0.1) is 56.2 Å². The van der Waals surface area contributed by atoms with Crippen LogP contribution in [-0.2, 0) is 14.3 Å². The van der Waals surface area contributed by atoms with E-state index >= 15 is 0 Å². The van der Waals surface area contributed by atoms with Crippen LogP contribution in [-0.4, -0.2) is 40.3 Å². The van der Waals surface area contributed by atoms with Crippen LogP contribution < -0.4 is 0 Å². The van der Waals surface area contributed by atoms with Gasteiger partial charge in [0, 0.05) is 11.8 Å². The van der Waals surface area contributed by atoms with Crippen molar-refractivity contribution in [3.8, 4) is 0 Å². The van der Waals surface area contributed by atoms with Gasteiger partial charge >= 0.3 is 5.97 Å². The molecule has 11 atom stereocenters. The number of aliphatic hydroxyl groups is 1. The molecule has 1 aliphatic heterocycles. The van der Waals surface area contributed by atoms with Crippen molar-refractivity contribution in [1.82, 2.24) is 0 Å². The lowest BCUT2D eigenvalue weighted by atomic mass is 9.31. The van der Waals surface area contributed by atoms with Crippen molar-refractivity contribution in [3.05, 3.63) is 0 Å². The number of carboxylic acids is 1. The molecule has 0 aromatic heterocycles. The SMILES string of the molecule is CC1(C)CC[C@]2(C(=O)O)CC[C@]3(C)C(C(O)C(=O)C4[C@@]5(C)CC6OC6C(C)(C)C5CC[C@]43C)C2C1. The van der Waals surface area contributed by atoms with Gasteiger partial charge in [-0.3, -0.25) is 9.59 Å². The number of epoxide rings is 1. The lowest BCUT2D eigenvalue weighted by molar-refractivity contribution is -0.255. The quantitative estimate of drug-likeness (QED) is 0.479. The highest BCUT2D eigenvalue weighted by atomic mass is 16.6. The monoisotopic (exact) mass is 486 g/mol. The fourth-order valence-electron chi connectivity index (χ4n) is 11.6. The first kappa shape index (κ1) is 24.4. The summed E-state index contributed by atoms with van der Waals surface area (Å²) in [5.41, 5.74) is -1.47. The minimum Gasteiger partial charge on any atom is -0.481 e. The van der Waals surface area contributed by atoms with E-state index in [0.717, 1.165) is 38.5 Å². The largest absolute Gasteiger partial charge is 0.481 e. The van der Waals surface area contributed by atoms with E-state index in [-0.39, 0.29) is 56.7 Å². The molecule has 5 heteroatoms. The van der Waals surface area contributed by atoms with Crippen molar-refractivity contribution >= 4 is 11.8 Å². The average molecular weight is 487 g/mol. The molecule has 0 spiro atoms. The van der Waals surface area contributed by atoms with E-state index in [1.54, 1.807) is 0 Å². The van der Waals surface area contributed by atoms with Gasteiger partial charge in [-0.2, -0.15) is 0 Å². The molecule has 6 fully saturated rings. The van der Waals surface area contributed by atoms with Crippen LogP contribution in [0.2, 0.25) is 0 Å². The summed E-state index contributed by atoms with van der Waals surface area (Å²) in [6.07, 6.45) is 6.17. The maximum absolute atomic E-state index is 14.4. The Morgan fingerprint density at radius 2 is 1.57 bits per heavy atom. The number of rotatable bonds is 1. The van der Waals surface area contributed by atoms with Crippen LogP contribution in [0.3, 0.4) is 0 Å². The number of fused-ring (bicyclic) bond motifs is 8. The Morgan fingerprint density at radius 3 is 2.23 bits per heavy atom. The van der Waals surface area contributed by atoms with E-state index in [1.165, 1.54) is 0 Å². The van der Waals surface area contributed by atoms with E-state index in [9.17, 15) is 19.8 Å². The van der Waals surface area contributed by atoms with Gasteiger partial charge in [-0.15, -0.1) is 0 Å². The van der Waals surface area contributed by atoms with E-state index in [4.69, 9.17) is 4.74 Å². The first-order valence-corrected chi connectivity index (χ1v) is 14.2. The van der Waals surface area contributed by atoms with E-state index in [2.05, 4.69) is 48.5 Å². The molecular formula is C30H46O5. The third-order valence-electron chi connectivity index (χ3n) is 13.5. The second kappa shape index (κ2) is 6.73. The predicted molar refractivity (Wildman–Crippen MR) is 133 cm³/mol. The summed E-state index contributed by atoms with van der Waals surface area (Å²) in [7, 11) is 0. The second-order valence-electron chi connectivity index (χ2n) is 15.8. The minimum atomic E-state index is -1.08. The Hall–Kier alpha value is -0.940. The number of hydrogen-bond donors (Lipinski definition) is 2. The molecule has 7 unspecified atom stereocenters. The summed E-state index contributed by atoms with van der Waals surface area (Å²) in [6, 6.07) is 0. The summed E-state index contributed by atoms with van der Waals surface area (Å²) in [4.78, 5) is 27.2. The number of aliphatic hydroxyl groups excluding tert-OH is 1. The molecule has 0 amide bonds. The number of aliphatic carboxylic acids is 1. The van der Waals surface area contributed by atoms with Crippen LogP contribution in [0.5, 0.6) is 0 Å². The fourth-order valence-corrected chi connectivity index (χ4v) is 11.6. The predicted octanol–water partition coefficient (Wildman–Crippen LogP) is 5.48. The van der Waals surface area contributed by atoms with Crippen LogP contribution in [0.1, 0.15) is 99.8 Å². The van der Waals surface area contributed by atoms with Crippen LogP contribution in [0.25, 0.3) is 0 Å². The first-order chi connectivity index (χ1) is 16.1. The maximum atomic E-state index is 14.4. The second-order valence-corrected chi connectivity index (χ2v) is 15.8. The lowest BCUT2D eigenvalue weighted by Crippen LogP contribution is -2.73. The number of carboxylic acid groups (broad SMARTS) is 1. The zero-order valence-electron chi connectivity index (χ0n) is 22.8. The van der Waals surface area contributed by atoms with Gasteiger partial charge in [-0.1, -0.05) is 48.5 Å². The molecule has 6 rings (SSSR count). The number of carbonyl (C=O) groups excluding carboxylic acids is 1. The van der Waals surface area contributed by atoms with Crippen molar-refractivity contribution in [2.45, 2.75) is 118 Å². The van der Waals surface area contributed by atoms with Crippen LogP contribution in [0.15, 0.2) is 0 Å². The molecule has 5 nitrogen and oxygen atoms in total. The van der Waals surface area contributed by atoms with Crippen molar-refractivity contribution in [1.29, 1.82) is 0 Å². The topological polar surface area (TPSA) is 87.1 Å². The highest BCUT2D eigenvalue weighted by Crippen LogP contribution is 2.77. The highest BCUT2D eigenvalue weighted by molar-refractivity contribution is 5.89. The van der Waals surface area contributed by atoms with Gasteiger partial charge in [0.15, 0.2) is 5.78 Å². The van der Waals surface area contributed by atoms with Gasteiger partial charge in [-0.05, 0) is 90.3 Å². The lowest BCUT2D eigenvalue weighted by Gasteiger charge is -2.72. The van der Waals surface area contributed by atoms with Crippen molar-refractivity contribution in [2.24, 2.45) is 56.2 Å². The first-order valence-electron chi connectivity index (χ1n) is 14.2. The molecular weight excluding hydrogens is 440 g/mol. The molecule has 6 aliphatic rings. The summed E-state index contributed by atoms with van der Waals surface area (Å²) in [5, 5.41) is 22.5. The average Bonchev–Trinajstić information content (AvgIpc) is 3.51. The Labute approximate surface area is 210 Å². The Kier molecular flexibility index (Phi) is 4.69. The number of hydrogen-bond acceptors (Lipinski definition) is 4. The Morgan fingerprint density at radius 1 is 0.914 bits per heavy atom. The molecule has 2 N–H and O–H groups in total. The normalized spacial score (nSPS) is 57.6. The fraction of sp³-hybridized carbons (Fsp3) is 0.933. The van der Waals surface area contributed by atoms with Gasteiger partial charge in [0.2, 0.25) is 0 Å². The molecule has 1 heterocycles. The maximum Gasteiger partial charge on any atom is 0.309 e. The molecule has 1 saturated heterocycles. The molecule has 5 saturated carbocycles. The zero-order valence-corrected chi connectivity index (χ0v) is 22.8. The number of carbonyl (C=O) groups is 2. The van der Waals surface area contributed by atoms with Gasteiger partial charge in [0.05, 0.1) is 17.6 Å². The molecule has 0 aromatic carbocycles. The van der Waals surface area contributed by atoms with Crippen LogP contribution >= 0.6 is 0 Å². The third kappa shape index (κ3) is 2.73. The zero-order chi connectivity index (χ0) is 25.6. The Balaban J connectivity index is 1.48. The van der Waals surface area contributed by atoms with Crippen molar-refractivity contribution in [2.75, 3.05) is 0 Å². The molecule has 0 bridgehead atoms. The number of ether oxygens (including phenoxy) is 1. The van der Waals surface area contributed by atoms with Crippen molar-refractivity contribution < 1.29 is 24.5 Å². The van der Waals surface area contributed by atoms with Crippen LogP contribution in [0.4, 0.5) is 0 Å². The number of Topliss-reactive ketones (excluding diaryl/α,β-unsaturated/α-hetero) is 1. The standard InChI is InChI=1S/C30H46O5/c1-25(2)10-12-30(24(33)34)13-11-28(6)19(16(30)14-25)20(31)21(32)22-27(5)15-17-23(35-17)26(3,4)18(27)8-9-29(22,28)7/h16-20,22-23,31H,8-15H2,1-7H3,(H,33,34)/t16?,17?,18?,19?,20?,22?,23?,27-,28+,29+,30-/m0/s1. The van der Waals surface area contributed by atoms with E-state index in [1.807, 2.05) is 0 Å². The molecule has 196 valence electrons. The summed E-state index contributed by atoms with van der Waals surface area (Å²) < 4.78 is 6.15. The van der Waals surface area contributed by atoms with Gasteiger partial charge in [0.1, 0.15) is 6.10 Å². The summed E-state index contributed by atoms with van der Waals surface area (Å²) in [6.45, 7) is 16.1. The smallest absolute Gasteiger partial charge is 0.309 e. The third-order valence-corrected chi connectivity index (χ3v) is 13.5. The summed E-state index contributed by atoms with van der Waals surface area (Å²) >= 11 is 0. The van der Waals surface area contributed by atoms with Gasteiger partial charge < -0.3 is 14.9 Å². The Bertz CT molecular complexity index is 985. The minimum absolute atomic E-state index is 0.00152. The number of ketones is 1. The molecule has 0 aromatic rings. The van der Waals surface area contributed by atoms with Gasteiger partial charge in [-0.25, -0.2) is 0 Å². The highest BCUT2D eigenvalue weighted by Gasteiger charge is 2.77. The van der Waals surface area contributed by atoms with E-state index < -0.39 is 17.5 Å². The molecule has 0 radical (unpaired) electrons.